The van der Waals surface area contributed by atoms with E-state index in [0.29, 0.717) is 18.2 Å². The maximum Gasteiger partial charge on any atom is 0.131 e. The predicted octanol–water partition coefficient (Wildman–Crippen LogP) is 4.97. The van der Waals surface area contributed by atoms with Gasteiger partial charge in [0.2, 0.25) is 0 Å². The molecule has 0 aliphatic rings. The lowest BCUT2D eigenvalue weighted by molar-refractivity contribution is 0.291. The third kappa shape index (κ3) is 3.22. The van der Waals surface area contributed by atoms with Gasteiger partial charge in [0.25, 0.3) is 0 Å². The monoisotopic (exact) mass is 312 g/mol. The van der Waals surface area contributed by atoms with Crippen LogP contribution in [0, 0.1) is 5.92 Å². The number of ether oxygens (including phenoxy) is 1. The molecule has 2 aromatic carbocycles. The summed E-state index contributed by atoms with van der Waals surface area (Å²) < 4.78 is 7.15. The molecule has 3 nitrogen and oxygen atoms in total. The fraction of sp³-hybridized carbons (Fsp3) is 0.278. The minimum Gasteiger partial charge on any atom is -0.493 e. The highest BCUT2D eigenvalue weighted by Gasteiger charge is 2.12. The van der Waals surface area contributed by atoms with Crippen molar-refractivity contribution in [3.63, 3.8) is 0 Å². The van der Waals surface area contributed by atoms with Crippen LogP contribution >= 0.6 is 11.3 Å². The third-order valence-electron chi connectivity index (χ3n) is 3.48. The summed E-state index contributed by atoms with van der Waals surface area (Å²) in [5.74, 6) is 1.44. The van der Waals surface area contributed by atoms with Gasteiger partial charge in [-0.1, -0.05) is 26.0 Å². The fourth-order valence-corrected chi connectivity index (χ4v) is 3.22. The molecule has 0 atom stereocenters. The van der Waals surface area contributed by atoms with Crippen LogP contribution in [0.25, 0.3) is 20.8 Å². The van der Waals surface area contributed by atoms with Crippen molar-refractivity contribution in [2.24, 2.45) is 5.92 Å². The van der Waals surface area contributed by atoms with Gasteiger partial charge in [-0.05, 0) is 36.6 Å². The number of hydrogen-bond acceptors (Lipinski definition) is 4. The lowest BCUT2D eigenvalue weighted by Gasteiger charge is -2.12. The van der Waals surface area contributed by atoms with Crippen LogP contribution in [0.5, 0.6) is 5.75 Å². The summed E-state index contributed by atoms with van der Waals surface area (Å²) in [4.78, 5) is 4.71. The quantitative estimate of drug-likeness (QED) is 0.677. The summed E-state index contributed by atoms with van der Waals surface area (Å²) in [6, 6.07) is 14.0. The van der Waals surface area contributed by atoms with Gasteiger partial charge >= 0.3 is 0 Å². The molecule has 0 bridgehead atoms. The summed E-state index contributed by atoms with van der Waals surface area (Å²) in [6.07, 6.45) is 1.02. The van der Waals surface area contributed by atoms with E-state index >= 15 is 0 Å². The molecule has 0 saturated carbocycles. The van der Waals surface area contributed by atoms with Crippen molar-refractivity contribution in [1.29, 1.82) is 0 Å². The molecule has 0 aliphatic carbocycles. The van der Waals surface area contributed by atoms with Gasteiger partial charge in [0.05, 0.1) is 22.4 Å². The standard InChI is InChI=1S/C18H20N2OS/c1-12(2)9-10-21-16-11-13(19)7-8-14(16)18-20-15-5-3-4-6-17(15)22-18/h3-8,11-12H,9-10,19H2,1-2H3. The van der Waals surface area contributed by atoms with Gasteiger partial charge in [0, 0.05) is 11.8 Å². The van der Waals surface area contributed by atoms with Gasteiger partial charge in [0.1, 0.15) is 10.8 Å². The van der Waals surface area contributed by atoms with Crippen molar-refractivity contribution in [3.05, 3.63) is 42.5 Å². The molecule has 4 heteroatoms. The Bertz CT molecular complexity index is 747. The molecule has 3 rings (SSSR count). The molecular formula is C18H20N2OS. The van der Waals surface area contributed by atoms with Gasteiger partial charge in [-0.3, -0.25) is 0 Å². The highest BCUT2D eigenvalue weighted by atomic mass is 32.1. The SMILES string of the molecule is CC(C)CCOc1cc(N)ccc1-c1nc2ccccc2s1. The van der Waals surface area contributed by atoms with E-state index in [9.17, 15) is 0 Å². The molecule has 3 aromatic rings. The smallest absolute Gasteiger partial charge is 0.131 e. The zero-order chi connectivity index (χ0) is 15.5. The second-order valence-electron chi connectivity index (χ2n) is 5.77. The lowest BCUT2D eigenvalue weighted by atomic mass is 10.1. The Hall–Kier alpha value is -2.07. The van der Waals surface area contributed by atoms with E-state index in [2.05, 4.69) is 19.9 Å². The van der Waals surface area contributed by atoms with Crippen molar-refractivity contribution in [2.75, 3.05) is 12.3 Å². The first kappa shape index (κ1) is 14.9. The zero-order valence-corrected chi connectivity index (χ0v) is 13.7. The van der Waals surface area contributed by atoms with E-state index in [1.165, 1.54) is 4.70 Å². The van der Waals surface area contributed by atoms with E-state index in [4.69, 9.17) is 15.5 Å². The summed E-state index contributed by atoms with van der Waals surface area (Å²) >= 11 is 1.68. The first-order valence-electron chi connectivity index (χ1n) is 7.52. The Labute approximate surface area is 134 Å². The van der Waals surface area contributed by atoms with Gasteiger partial charge < -0.3 is 10.5 Å². The lowest BCUT2D eigenvalue weighted by Crippen LogP contribution is -2.03. The largest absolute Gasteiger partial charge is 0.493 e. The van der Waals surface area contributed by atoms with Crippen molar-refractivity contribution >= 4 is 27.2 Å². The van der Waals surface area contributed by atoms with Crippen molar-refractivity contribution in [2.45, 2.75) is 20.3 Å². The number of nitrogen functional groups attached to an aromatic ring is 1. The Morgan fingerprint density at radius 2 is 2.00 bits per heavy atom. The number of nitrogens with two attached hydrogens (primary N) is 1. The molecular weight excluding hydrogens is 292 g/mol. The van der Waals surface area contributed by atoms with E-state index < -0.39 is 0 Å². The Morgan fingerprint density at radius 1 is 1.18 bits per heavy atom. The average molecular weight is 312 g/mol. The summed E-state index contributed by atoms with van der Waals surface area (Å²) in [5, 5.41) is 0.973. The molecule has 2 N–H and O–H groups in total. The first-order valence-corrected chi connectivity index (χ1v) is 8.33. The fourth-order valence-electron chi connectivity index (χ4n) is 2.23. The number of para-hydroxylation sites is 1. The number of thiazole rings is 1. The Balaban J connectivity index is 1.94. The van der Waals surface area contributed by atoms with Crippen LogP contribution < -0.4 is 10.5 Å². The van der Waals surface area contributed by atoms with Crippen LogP contribution in [0.15, 0.2) is 42.5 Å². The molecule has 1 aromatic heterocycles. The number of anilines is 1. The minimum absolute atomic E-state index is 0.618. The molecule has 0 saturated heterocycles. The maximum absolute atomic E-state index is 5.97. The van der Waals surface area contributed by atoms with Crippen LogP contribution in [0.1, 0.15) is 20.3 Å². The van der Waals surface area contributed by atoms with Crippen LogP contribution in [0.2, 0.25) is 0 Å². The first-order chi connectivity index (χ1) is 10.6. The highest BCUT2D eigenvalue weighted by Crippen LogP contribution is 2.36. The molecule has 0 fully saturated rings. The number of nitrogens with zero attached hydrogens (tertiary/aromatic N) is 1. The molecule has 1 heterocycles. The number of rotatable bonds is 5. The number of benzene rings is 2. The molecule has 0 aliphatic heterocycles. The molecule has 0 amide bonds. The van der Waals surface area contributed by atoms with Gasteiger partial charge in [-0.2, -0.15) is 0 Å². The number of fused-ring (bicyclic) bond motifs is 1. The molecule has 22 heavy (non-hydrogen) atoms. The molecule has 0 radical (unpaired) electrons. The van der Waals surface area contributed by atoms with Crippen molar-refractivity contribution in [3.8, 4) is 16.3 Å². The van der Waals surface area contributed by atoms with Crippen molar-refractivity contribution in [1.82, 2.24) is 4.98 Å². The summed E-state index contributed by atoms with van der Waals surface area (Å²) in [7, 11) is 0. The Kier molecular flexibility index (Phi) is 4.29. The second kappa shape index (κ2) is 6.36. The second-order valence-corrected chi connectivity index (χ2v) is 6.80. The molecule has 0 spiro atoms. The zero-order valence-electron chi connectivity index (χ0n) is 12.9. The van der Waals surface area contributed by atoms with E-state index in [1.807, 2.05) is 36.4 Å². The number of aromatic nitrogens is 1. The van der Waals surface area contributed by atoms with Gasteiger partial charge in [0.15, 0.2) is 0 Å². The van der Waals surface area contributed by atoms with Crippen LogP contribution in [-0.4, -0.2) is 11.6 Å². The van der Waals surface area contributed by atoms with Gasteiger partial charge in [-0.15, -0.1) is 11.3 Å². The topological polar surface area (TPSA) is 48.1 Å². The summed E-state index contributed by atoms with van der Waals surface area (Å²) in [6.45, 7) is 5.08. The van der Waals surface area contributed by atoms with E-state index in [-0.39, 0.29) is 0 Å². The van der Waals surface area contributed by atoms with Crippen LogP contribution in [-0.2, 0) is 0 Å². The molecule has 114 valence electrons. The summed E-state index contributed by atoms with van der Waals surface area (Å²) in [5.41, 5.74) is 8.66. The normalized spacial score (nSPS) is 11.2. The average Bonchev–Trinajstić information content (AvgIpc) is 2.90. The number of hydrogen-bond donors (Lipinski definition) is 1. The Morgan fingerprint density at radius 3 is 2.77 bits per heavy atom. The van der Waals surface area contributed by atoms with E-state index in [1.54, 1.807) is 11.3 Å². The predicted molar refractivity (Wildman–Crippen MR) is 94.4 cm³/mol. The maximum atomic E-state index is 5.97. The third-order valence-corrected chi connectivity index (χ3v) is 4.55. The minimum atomic E-state index is 0.618. The molecule has 0 unspecified atom stereocenters. The highest BCUT2D eigenvalue weighted by molar-refractivity contribution is 7.21. The van der Waals surface area contributed by atoms with Gasteiger partial charge in [-0.25, -0.2) is 4.98 Å². The van der Waals surface area contributed by atoms with Crippen LogP contribution in [0.4, 0.5) is 5.69 Å². The van der Waals surface area contributed by atoms with Crippen molar-refractivity contribution < 1.29 is 4.74 Å². The van der Waals surface area contributed by atoms with Crippen LogP contribution in [0.3, 0.4) is 0 Å². The van der Waals surface area contributed by atoms with E-state index in [0.717, 1.165) is 28.3 Å².